The van der Waals surface area contributed by atoms with Gasteiger partial charge in [-0.25, -0.2) is 0 Å². The van der Waals surface area contributed by atoms with Crippen molar-refractivity contribution in [3.8, 4) is 0 Å². The van der Waals surface area contributed by atoms with E-state index in [1.165, 1.54) is 35.3 Å². The third-order valence-electron chi connectivity index (χ3n) is 4.36. The quantitative estimate of drug-likeness (QED) is 0.717. The number of amides is 1. The molecule has 0 fully saturated rings. The average Bonchev–Trinajstić information content (AvgIpc) is 3.08. The first-order valence-electron chi connectivity index (χ1n) is 8.18. The van der Waals surface area contributed by atoms with Gasteiger partial charge in [-0.1, -0.05) is 12.1 Å². The van der Waals surface area contributed by atoms with Crippen LogP contribution in [0.1, 0.15) is 17.5 Å². The molecule has 1 aromatic heterocycles. The highest BCUT2D eigenvalue weighted by atomic mass is 32.2. The molecule has 4 rings (SSSR count). The van der Waals surface area contributed by atoms with Gasteiger partial charge in [0.05, 0.1) is 17.0 Å². The SMILES string of the molecule is O=C(CSc1ccc2c(c1)CCC2)Nc1cccc2ncccc12. The van der Waals surface area contributed by atoms with Crippen molar-refractivity contribution in [3.63, 3.8) is 0 Å². The first kappa shape index (κ1) is 15.2. The van der Waals surface area contributed by atoms with Gasteiger partial charge in [0.1, 0.15) is 0 Å². The molecule has 120 valence electrons. The van der Waals surface area contributed by atoms with E-state index in [0.29, 0.717) is 5.75 Å². The Balaban J connectivity index is 1.43. The molecule has 2 aromatic carbocycles. The fourth-order valence-corrected chi connectivity index (χ4v) is 3.95. The number of thioether (sulfide) groups is 1. The number of pyridine rings is 1. The van der Waals surface area contributed by atoms with E-state index >= 15 is 0 Å². The maximum atomic E-state index is 12.3. The summed E-state index contributed by atoms with van der Waals surface area (Å²) in [6.07, 6.45) is 5.37. The molecule has 0 radical (unpaired) electrons. The molecule has 0 atom stereocenters. The molecular formula is C20H18N2OS. The van der Waals surface area contributed by atoms with Gasteiger partial charge in [0.15, 0.2) is 0 Å². The summed E-state index contributed by atoms with van der Waals surface area (Å²) in [5, 5.41) is 3.98. The number of fused-ring (bicyclic) bond motifs is 2. The van der Waals surface area contributed by atoms with E-state index in [0.717, 1.165) is 16.6 Å². The number of aryl methyl sites for hydroxylation is 2. The van der Waals surface area contributed by atoms with Crippen LogP contribution in [0, 0.1) is 0 Å². The molecule has 3 aromatic rings. The van der Waals surface area contributed by atoms with Gasteiger partial charge in [-0.3, -0.25) is 9.78 Å². The molecule has 0 unspecified atom stereocenters. The molecule has 24 heavy (non-hydrogen) atoms. The van der Waals surface area contributed by atoms with E-state index in [-0.39, 0.29) is 5.91 Å². The van der Waals surface area contributed by atoms with Crippen LogP contribution < -0.4 is 5.32 Å². The molecule has 0 aliphatic heterocycles. The summed E-state index contributed by atoms with van der Waals surface area (Å²) >= 11 is 1.59. The van der Waals surface area contributed by atoms with Crippen LogP contribution in [-0.2, 0) is 17.6 Å². The lowest BCUT2D eigenvalue weighted by Crippen LogP contribution is -2.14. The highest BCUT2D eigenvalue weighted by Gasteiger charge is 2.12. The number of nitrogens with one attached hydrogen (secondary N) is 1. The molecule has 1 aliphatic carbocycles. The lowest BCUT2D eigenvalue weighted by molar-refractivity contribution is -0.113. The lowest BCUT2D eigenvalue weighted by atomic mass is 10.1. The van der Waals surface area contributed by atoms with Crippen LogP contribution in [0.15, 0.2) is 59.6 Å². The van der Waals surface area contributed by atoms with Gasteiger partial charge in [-0.2, -0.15) is 0 Å². The zero-order valence-corrected chi connectivity index (χ0v) is 14.1. The van der Waals surface area contributed by atoms with E-state index in [1.54, 1.807) is 18.0 Å². The number of carbonyl (C=O) groups is 1. The second-order valence-corrected chi connectivity index (χ2v) is 7.05. The summed E-state index contributed by atoms with van der Waals surface area (Å²) in [6.45, 7) is 0. The Labute approximate surface area is 145 Å². The molecule has 4 heteroatoms. The predicted octanol–water partition coefficient (Wildman–Crippen LogP) is 4.45. The molecule has 0 saturated carbocycles. The molecule has 3 nitrogen and oxygen atoms in total. The van der Waals surface area contributed by atoms with Gasteiger partial charge < -0.3 is 5.32 Å². The monoisotopic (exact) mass is 334 g/mol. The summed E-state index contributed by atoms with van der Waals surface area (Å²) < 4.78 is 0. The zero-order chi connectivity index (χ0) is 16.4. The number of nitrogens with zero attached hydrogens (tertiary/aromatic N) is 1. The Bertz CT molecular complexity index is 902. The maximum Gasteiger partial charge on any atom is 0.234 e. The summed E-state index contributed by atoms with van der Waals surface area (Å²) in [7, 11) is 0. The number of anilines is 1. The molecule has 1 heterocycles. The minimum atomic E-state index is 0.0110. The molecule has 1 amide bonds. The van der Waals surface area contributed by atoms with Crippen LogP contribution in [-0.4, -0.2) is 16.6 Å². The van der Waals surface area contributed by atoms with E-state index in [1.807, 2.05) is 30.3 Å². The van der Waals surface area contributed by atoms with Gasteiger partial charge in [0, 0.05) is 16.5 Å². The van der Waals surface area contributed by atoms with Gasteiger partial charge in [-0.15, -0.1) is 11.8 Å². The van der Waals surface area contributed by atoms with Gasteiger partial charge in [-0.05, 0) is 66.8 Å². The number of aromatic nitrogens is 1. The second-order valence-electron chi connectivity index (χ2n) is 6.00. The predicted molar refractivity (Wildman–Crippen MR) is 99.6 cm³/mol. The highest BCUT2D eigenvalue weighted by molar-refractivity contribution is 8.00. The van der Waals surface area contributed by atoms with Gasteiger partial charge in [0.2, 0.25) is 5.91 Å². The molecule has 0 spiro atoms. The Morgan fingerprint density at radius 2 is 2.00 bits per heavy atom. The Morgan fingerprint density at radius 1 is 1.08 bits per heavy atom. The highest BCUT2D eigenvalue weighted by Crippen LogP contribution is 2.28. The second kappa shape index (κ2) is 6.65. The minimum Gasteiger partial charge on any atom is -0.325 e. The Hall–Kier alpha value is -2.33. The van der Waals surface area contributed by atoms with Crippen LogP contribution in [0.2, 0.25) is 0 Å². The number of carbonyl (C=O) groups excluding carboxylic acids is 1. The van der Waals surface area contributed by atoms with Crippen molar-refractivity contribution in [1.29, 1.82) is 0 Å². The third-order valence-corrected chi connectivity index (χ3v) is 5.35. The van der Waals surface area contributed by atoms with Gasteiger partial charge >= 0.3 is 0 Å². The van der Waals surface area contributed by atoms with E-state index in [2.05, 4.69) is 28.5 Å². The van der Waals surface area contributed by atoms with E-state index in [4.69, 9.17) is 0 Å². The van der Waals surface area contributed by atoms with Crippen molar-refractivity contribution in [2.45, 2.75) is 24.2 Å². The Morgan fingerprint density at radius 3 is 2.96 bits per heavy atom. The summed E-state index contributed by atoms with van der Waals surface area (Å²) in [5.41, 5.74) is 4.62. The Kier molecular flexibility index (Phi) is 4.22. The standard InChI is InChI=1S/C20H18N2OS/c23-20(13-24-16-10-9-14-4-1-5-15(14)12-16)22-19-8-2-7-18-17(19)6-3-11-21-18/h2-3,6-12H,1,4-5,13H2,(H,22,23). The number of rotatable bonds is 4. The minimum absolute atomic E-state index is 0.0110. The van der Waals surface area contributed by atoms with Crippen LogP contribution in [0.25, 0.3) is 10.9 Å². The van der Waals surface area contributed by atoms with Gasteiger partial charge in [0.25, 0.3) is 0 Å². The summed E-state index contributed by atoms with van der Waals surface area (Å²) in [5.74, 6) is 0.423. The van der Waals surface area contributed by atoms with Crippen LogP contribution in [0.4, 0.5) is 5.69 Å². The zero-order valence-electron chi connectivity index (χ0n) is 13.3. The normalized spacial score (nSPS) is 13.0. The third kappa shape index (κ3) is 3.15. The van der Waals surface area contributed by atoms with Crippen molar-refractivity contribution < 1.29 is 4.79 Å². The fourth-order valence-electron chi connectivity index (χ4n) is 3.19. The van der Waals surface area contributed by atoms with Crippen molar-refractivity contribution >= 4 is 34.3 Å². The van der Waals surface area contributed by atoms with Crippen LogP contribution in [0.5, 0.6) is 0 Å². The first-order chi connectivity index (χ1) is 11.8. The lowest BCUT2D eigenvalue weighted by Gasteiger charge is -2.09. The number of hydrogen-bond donors (Lipinski definition) is 1. The molecule has 1 aliphatic rings. The topological polar surface area (TPSA) is 42.0 Å². The average molecular weight is 334 g/mol. The maximum absolute atomic E-state index is 12.3. The summed E-state index contributed by atoms with van der Waals surface area (Å²) in [4.78, 5) is 17.8. The molecule has 1 N–H and O–H groups in total. The molecule has 0 bridgehead atoms. The molecule has 0 saturated heterocycles. The summed E-state index contributed by atoms with van der Waals surface area (Å²) in [6, 6.07) is 16.2. The molecular weight excluding hydrogens is 316 g/mol. The van der Waals surface area contributed by atoms with E-state index in [9.17, 15) is 4.79 Å². The smallest absolute Gasteiger partial charge is 0.234 e. The van der Waals surface area contributed by atoms with Crippen molar-refractivity contribution in [2.24, 2.45) is 0 Å². The van der Waals surface area contributed by atoms with Crippen molar-refractivity contribution in [2.75, 3.05) is 11.1 Å². The van der Waals surface area contributed by atoms with Crippen LogP contribution >= 0.6 is 11.8 Å². The largest absolute Gasteiger partial charge is 0.325 e. The number of benzene rings is 2. The first-order valence-corrected chi connectivity index (χ1v) is 9.16. The van der Waals surface area contributed by atoms with Crippen LogP contribution in [0.3, 0.4) is 0 Å². The van der Waals surface area contributed by atoms with Crippen molar-refractivity contribution in [1.82, 2.24) is 4.98 Å². The fraction of sp³-hybridized carbons (Fsp3) is 0.200. The van der Waals surface area contributed by atoms with Crippen molar-refractivity contribution in [3.05, 3.63) is 65.9 Å². The van der Waals surface area contributed by atoms with E-state index < -0.39 is 0 Å². The number of hydrogen-bond acceptors (Lipinski definition) is 3.